The Morgan fingerprint density at radius 3 is 3.00 bits per heavy atom. The fraction of sp³-hybridized carbons (Fsp3) is 0. The van der Waals surface area contributed by atoms with Gasteiger partial charge in [0.2, 0.25) is 0 Å². The minimum absolute atomic E-state index is 0.919. The molecule has 0 spiro atoms. The van der Waals surface area contributed by atoms with Crippen molar-refractivity contribution in [3.8, 4) is 11.3 Å². The van der Waals surface area contributed by atoms with E-state index >= 15 is 0 Å². The molecule has 0 unspecified atom stereocenters. The molecule has 0 bridgehead atoms. The number of rotatable bonds is 1. The van der Waals surface area contributed by atoms with Crippen molar-refractivity contribution in [1.29, 1.82) is 0 Å². The molecule has 0 saturated heterocycles. The molecular formula is C10H8O. The van der Waals surface area contributed by atoms with E-state index in [4.69, 9.17) is 4.42 Å². The van der Waals surface area contributed by atoms with Crippen LogP contribution in [0, 0.1) is 0 Å². The van der Waals surface area contributed by atoms with Crippen molar-refractivity contribution in [2.45, 2.75) is 0 Å². The van der Waals surface area contributed by atoms with Gasteiger partial charge in [-0.1, -0.05) is 18.7 Å². The van der Waals surface area contributed by atoms with Crippen molar-refractivity contribution in [3.63, 3.8) is 0 Å². The van der Waals surface area contributed by atoms with Gasteiger partial charge in [0.05, 0.1) is 6.26 Å². The van der Waals surface area contributed by atoms with E-state index in [0.717, 1.165) is 16.9 Å². The lowest BCUT2D eigenvalue weighted by Gasteiger charge is -1.96. The highest BCUT2D eigenvalue weighted by Gasteiger charge is 2.06. The van der Waals surface area contributed by atoms with E-state index in [1.54, 1.807) is 6.26 Å². The Balaban J connectivity index is 2.73. The number of hydrogen-bond donors (Lipinski definition) is 0. The minimum atomic E-state index is 0.919. The Kier molecular flexibility index (Phi) is 1.29. The number of hydrogen-bond acceptors (Lipinski definition) is 1. The van der Waals surface area contributed by atoms with E-state index in [1.165, 1.54) is 0 Å². The maximum absolute atomic E-state index is 5.25. The maximum Gasteiger partial charge on any atom is 0.134 e. The highest BCUT2D eigenvalue weighted by molar-refractivity contribution is 5.74. The highest BCUT2D eigenvalue weighted by Crippen LogP contribution is 2.27. The first kappa shape index (κ1) is 6.23. The molecule has 1 aliphatic carbocycles. The van der Waals surface area contributed by atoms with Crippen LogP contribution in [0.15, 0.2) is 41.5 Å². The summed E-state index contributed by atoms with van der Waals surface area (Å²) in [7, 11) is 0. The van der Waals surface area contributed by atoms with Crippen molar-refractivity contribution >= 4 is 6.08 Å². The molecule has 0 N–H and O–H groups in total. The van der Waals surface area contributed by atoms with Crippen LogP contribution >= 0.6 is 0 Å². The molecule has 0 aromatic carbocycles. The summed E-state index contributed by atoms with van der Waals surface area (Å²) in [5, 5.41) is 0. The van der Waals surface area contributed by atoms with Crippen LogP contribution < -0.4 is 0 Å². The van der Waals surface area contributed by atoms with Crippen LogP contribution in [0.5, 0.6) is 0 Å². The van der Waals surface area contributed by atoms with Crippen molar-refractivity contribution in [2.75, 3.05) is 0 Å². The second-order valence-corrected chi connectivity index (χ2v) is 2.38. The second kappa shape index (κ2) is 2.27. The first-order chi connectivity index (χ1) is 5.42. The molecule has 2 aliphatic rings. The maximum atomic E-state index is 5.25. The molecule has 1 heterocycles. The van der Waals surface area contributed by atoms with E-state index in [0.29, 0.717) is 0 Å². The Morgan fingerprint density at radius 2 is 2.18 bits per heavy atom. The van der Waals surface area contributed by atoms with Gasteiger partial charge in [-0.05, 0) is 23.8 Å². The van der Waals surface area contributed by atoms with Crippen LogP contribution in [0.4, 0.5) is 0 Å². The molecule has 0 aromatic heterocycles. The van der Waals surface area contributed by atoms with E-state index < -0.39 is 0 Å². The number of fused-ring (bicyclic) bond motifs is 1. The van der Waals surface area contributed by atoms with Gasteiger partial charge in [0.1, 0.15) is 5.76 Å². The van der Waals surface area contributed by atoms with Crippen LogP contribution in [0.25, 0.3) is 17.4 Å². The topological polar surface area (TPSA) is 13.1 Å². The van der Waals surface area contributed by atoms with Crippen LogP contribution in [0.1, 0.15) is 5.56 Å². The van der Waals surface area contributed by atoms with Crippen molar-refractivity contribution in [2.24, 2.45) is 0 Å². The van der Waals surface area contributed by atoms with Crippen LogP contribution in [-0.4, -0.2) is 0 Å². The molecule has 0 aromatic rings. The first-order valence-electron chi connectivity index (χ1n) is 3.50. The SMILES string of the molecule is C=Cc1ccc2occcc1-2. The predicted octanol–water partition coefficient (Wildman–Crippen LogP) is 3.03. The first-order valence-corrected chi connectivity index (χ1v) is 3.50. The standard InChI is InChI=1S/C10H8O/c1-2-8-5-6-10-9(8)4-3-7-11-10/h2-7H,1H2. The molecule has 54 valence electrons. The van der Waals surface area contributed by atoms with Gasteiger partial charge in [0.25, 0.3) is 0 Å². The lowest BCUT2D eigenvalue weighted by Crippen LogP contribution is -1.72. The Morgan fingerprint density at radius 1 is 1.27 bits per heavy atom. The minimum Gasteiger partial charge on any atom is -0.464 e. The lowest BCUT2D eigenvalue weighted by atomic mass is 10.2. The molecule has 1 nitrogen and oxygen atoms in total. The van der Waals surface area contributed by atoms with Crippen LogP contribution in [-0.2, 0) is 0 Å². The van der Waals surface area contributed by atoms with Gasteiger partial charge in [0, 0.05) is 5.56 Å². The van der Waals surface area contributed by atoms with Gasteiger partial charge in [-0.15, -0.1) is 0 Å². The van der Waals surface area contributed by atoms with Crippen LogP contribution in [0.3, 0.4) is 0 Å². The van der Waals surface area contributed by atoms with Gasteiger partial charge in [-0.2, -0.15) is 0 Å². The average Bonchev–Trinajstić information content (AvgIpc) is 2.47. The molecule has 1 heteroatoms. The molecule has 0 atom stereocenters. The summed E-state index contributed by atoms with van der Waals surface area (Å²) >= 11 is 0. The predicted molar refractivity (Wildman–Crippen MR) is 45.4 cm³/mol. The third-order valence-electron chi connectivity index (χ3n) is 1.75. The summed E-state index contributed by atoms with van der Waals surface area (Å²) in [6.07, 6.45) is 3.51. The second-order valence-electron chi connectivity index (χ2n) is 2.38. The Labute approximate surface area is 65.3 Å². The molecule has 11 heavy (non-hydrogen) atoms. The largest absolute Gasteiger partial charge is 0.464 e. The normalized spacial score (nSPS) is 10.2. The van der Waals surface area contributed by atoms with Gasteiger partial charge in [0.15, 0.2) is 0 Å². The molecule has 0 fully saturated rings. The molecule has 0 radical (unpaired) electrons. The van der Waals surface area contributed by atoms with Crippen molar-refractivity contribution < 1.29 is 4.42 Å². The summed E-state index contributed by atoms with van der Waals surface area (Å²) in [6.45, 7) is 3.71. The van der Waals surface area contributed by atoms with Gasteiger partial charge >= 0.3 is 0 Å². The third kappa shape index (κ3) is 0.855. The van der Waals surface area contributed by atoms with E-state index in [9.17, 15) is 0 Å². The van der Waals surface area contributed by atoms with Gasteiger partial charge in [-0.3, -0.25) is 0 Å². The fourth-order valence-corrected chi connectivity index (χ4v) is 1.19. The van der Waals surface area contributed by atoms with Gasteiger partial charge < -0.3 is 4.42 Å². The Bertz CT molecular complexity index is 346. The quantitative estimate of drug-likeness (QED) is 0.599. The van der Waals surface area contributed by atoms with E-state index in [1.807, 2.05) is 30.3 Å². The fourth-order valence-electron chi connectivity index (χ4n) is 1.19. The zero-order valence-electron chi connectivity index (χ0n) is 6.08. The van der Waals surface area contributed by atoms with Crippen molar-refractivity contribution in [1.82, 2.24) is 0 Å². The summed E-state index contributed by atoms with van der Waals surface area (Å²) in [5.74, 6) is 0.919. The van der Waals surface area contributed by atoms with Gasteiger partial charge in [-0.25, -0.2) is 0 Å². The molecule has 1 aliphatic heterocycles. The van der Waals surface area contributed by atoms with E-state index in [2.05, 4.69) is 6.58 Å². The summed E-state index contributed by atoms with van der Waals surface area (Å²) < 4.78 is 5.25. The van der Waals surface area contributed by atoms with Crippen LogP contribution in [0.2, 0.25) is 0 Å². The summed E-state index contributed by atoms with van der Waals surface area (Å²) in [5.41, 5.74) is 2.26. The molecule has 0 saturated carbocycles. The Hall–Kier alpha value is -1.50. The zero-order valence-corrected chi connectivity index (χ0v) is 6.08. The highest BCUT2D eigenvalue weighted by atomic mass is 16.3. The average molecular weight is 144 g/mol. The molecule has 2 rings (SSSR count). The monoisotopic (exact) mass is 144 g/mol. The van der Waals surface area contributed by atoms with E-state index in [-0.39, 0.29) is 0 Å². The molecule has 0 amide bonds. The zero-order chi connectivity index (χ0) is 7.68. The smallest absolute Gasteiger partial charge is 0.134 e. The molecular weight excluding hydrogens is 136 g/mol. The lowest BCUT2D eigenvalue weighted by molar-refractivity contribution is 0.567. The van der Waals surface area contributed by atoms with Crippen molar-refractivity contribution in [3.05, 3.63) is 42.7 Å². The summed E-state index contributed by atoms with van der Waals surface area (Å²) in [6, 6.07) is 7.86. The summed E-state index contributed by atoms with van der Waals surface area (Å²) in [4.78, 5) is 0. The third-order valence-corrected chi connectivity index (χ3v) is 1.75.